The van der Waals surface area contributed by atoms with Gasteiger partial charge in [-0.15, -0.1) is 0 Å². The minimum Gasteiger partial charge on any atom is -0.0654 e. The van der Waals surface area contributed by atoms with Crippen LogP contribution in [0.15, 0.2) is 42.5 Å². The summed E-state index contributed by atoms with van der Waals surface area (Å²) in [6.07, 6.45) is 29.9. The molecule has 0 fully saturated rings. The molecule has 1 aliphatic rings. The van der Waals surface area contributed by atoms with E-state index in [0.717, 1.165) is 6.42 Å². The smallest absolute Gasteiger partial charge is 0.00107 e. The number of aryl methyl sites for hydroxylation is 1. The van der Waals surface area contributed by atoms with Crippen molar-refractivity contribution in [1.82, 2.24) is 0 Å². The lowest BCUT2D eigenvalue weighted by molar-refractivity contribution is 0.523. The summed E-state index contributed by atoms with van der Waals surface area (Å²) < 4.78 is 0. The third-order valence-electron chi connectivity index (χ3n) is 8.00. The summed E-state index contributed by atoms with van der Waals surface area (Å²) in [6, 6.07) is 15.9. The number of rotatable bonds is 20. The largest absolute Gasteiger partial charge is 0.0654 e. The standard InChI is InChI=1S/C34H52/c1-2-3-4-5-6-7-8-9-10-11-12-13-14-15-16-17-18-19-20-24-30-26-23-28-33-32-27-22-21-25-31(32)29-34(30)33/h21-23,25-28H,2-20,24,29H2,1H3. The van der Waals surface area contributed by atoms with Crippen molar-refractivity contribution >= 4 is 0 Å². The number of unbranched alkanes of at least 4 members (excludes halogenated alkanes) is 18. The molecule has 0 N–H and O–H groups in total. The van der Waals surface area contributed by atoms with E-state index in [4.69, 9.17) is 0 Å². The molecule has 0 nitrogen and oxygen atoms in total. The van der Waals surface area contributed by atoms with Crippen LogP contribution >= 0.6 is 0 Å². The Morgan fingerprint density at radius 2 is 0.941 bits per heavy atom. The van der Waals surface area contributed by atoms with Crippen LogP contribution in [0.4, 0.5) is 0 Å². The predicted octanol–water partition coefficient (Wildman–Crippen LogP) is 11.2. The molecule has 2 aromatic carbocycles. The topological polar surface area (TPSA) is 0 Å². The van der Waals surface area contributed by atoms with Crippen molar-refractivity contribution in [2.45, 2.75) is 142 Å². The van der Waals surface area contributed by atoms with Gasteiger partial charge in [-0.2, -0.15) is 0 Å². The van der Waals surface area contributed by atoms with Crippen LogP contribution in [-0.2, 0) is 12.8 Å². The minimum atomic E-state index is 1.14. The second-order valence-electron chi connectivity index (χ2n) is 10.9. The zero-order valence-electron chi connectivity index (χ0n) is 22.4. The van der Waals surface area contributed by atoms with E-state index in [1.807, 2.05) is 0 Å². The average molecular weight is 461 g/mol. The molecule has 188 valence electrons. The fraction of sp³-hybridized carbons (Fsp3) is 0.647. The molecule has 34 heavy (non-hydrogen) atoms. The molecule has 0 heterocycles. The van der Waals surface area contributed by atoms with Gasteiger partial charge in [-0.25, -0.2) is 0 Å². The molecule has 0 bridgehead atoms. The first kappa shape index (κ1) is 27.0. The van der Waals surface area contributed by atoms with Crippen LogP contribution in [0.1, 0.15) is 146 Å². The maximum atomic E-state index is 2.37. The van der Waals surface area contributed by atoms with Gasteiger partial charge in [0.15, 0.2) is 0 Å². The summed E-state index contributed by atoms with van der Waals surface area (Å²) in [6.45, 7) is 2.30. The molecule has 1 aliphatic carbocycles. The van der Waals surface area contributed by atoms with E-state index in [0.29, 0.717) is 0 Å². The second-order valence-corrected chi connectivity index (χ2v) is 10.9. The van der Waals surface area contributed by atoms with E-state index < -0.39 is 0 Å². The van der Waals surface area contributed by atoms with E-state index in [1.165, 1.54) is 145 Å². The fourth-order valence-electron chi connectivity index (χ4n) is 5.85. The summed E-state index contributed by atoms with van der Waals surface area (Å²) in [5, 5.41) is 0. The quantitative estimate of drug-likeness (QED) is 0.147. The lowest BCUT2D eigenvalue weighted by atomic mass is 9.96. The predicted molar refractivity (Wildman–Crippen MR) is 152 cm³/mol. The Kier molecular flexibility index (Phi) is 13.5. The molecule has 0 spiro atoms. The SMILES string of the molecule is CCCCCCCCCCCCCCCCCCCCCc1cccc2c1Cc1ccccc1-2. The van der Waals surface area contributed by atoms with Crippen molar-refractivity contribution in [3.63, 3.8) is 0 Å². The highest BCUT2D eigenvalue weighted by atomic mass is 14.2. The van der Waals surface area contributed by atoms with Crippen LogP contribution in [-0.4, -0.2) is 0 Å². The van der Waals surface area contributed by atoms with Crippen LogP contribution in [0, 0.1) is 0 Å². The first-order valence-electron chi connectivity index (χ1n) is 15.1. The highest BCUT2D eigenvalue weighted by Gasteiger charge is 2.19. The lowest BCUT2D eigenvalue weighted by Gasteiger charge is -2.09. The van der Waals surface area contributed by atoms with Gasteiger partial charge < -0.3 is 0 Å². The monoisotopic (exact) mass is 460 g/mol. The maximum Gasteiger partial charge on any atom is -0.00107 e. The summed E-state index contributed by atoms with van der Waals surface area (Å²) in [5.41, 5.74) is 7.67. The molecule has 2 aromatic rings. The van der Waals surface area contributed by atoms with Crippen LogP contribution in [0.2, 0.25) is 0 Å². The van der Waals surface area contributed by atoms with Crippen molar-refractivity contribution in [3.8, 4) is 11.1 Å². The van der Waals surface area contributed by atoms with Crippen molar-refractivity contribution in [2.24, 2.45) is 0 Å². The van der Waals surface area contributed by atoms with E-state index >= 15 is 0 Å². The van der Waals surface area contributed by atoms with Gasteiger partial charge >= 0.3 is 0 Å². The van der Waals surface area contributed by atoms with Crippen LogP contribution in [0.25, 0.3) is 11.1 Å². The van der Waals surface area contributed by atoms with Crippen molar-refractivity contribution in [3.05, 3.63) is 59.2 Å². The highest BCUT2D eigenvalue weighted by molar-refractivity contribution is 5.77. The third kappa shape index (κ3) is 9.59. The molecule has 0 radical (unpaired) electrons. The molecule has 0 saturated carbocycles. The Labute approximate surface area is 212 Å². The maximum absolute atomic E-state index is 2.37. The summed E-state index contributed by atoms with van der Waals surface area (Å²) in [4.78, 5) is 0. The normalized spacial score (nSPS) is 12.1. The third-order valence-corrected chi connectivity index (χ3v) is 8.00. The first-order valence-corrected chi connectivity index (χ1v) is 15.1. The number of hydrogen-bond acceptors (Lipinski definition) is 0. The molecule has 3 rings (SSSR count). The summed E-state index contributed by atoms with van der Waals surface area (Å²) in [7, 11) is 0. The Balaban J connectivity index is 1.10. The van der Waals surface area contributed by atoms with Gasteiger partial charge in [0.25, 0.3) is 0 Å². The fourth-order valence-corrected chi connectivity index (χ4v) is 5.85. The lowest BCUT2D eigenvalue weighted by Crippen LogP contribution is -1.93. The zero-order valence-corrected chi connectivity index (χ0v) is 22.4. The van der Waals surface area contributed by atoms with Crippen LogP contribution in [0.3, 0.4) is 0 Å². The number of hydrogen-bond donors (Lipinski definition) is 0. The average Bonchev–Trinajstić information content (AvgIpc) is 3.25. The molecule has 0 aliphatic heterocycles. The zero-order chi connectivity index (χ0) is 23.7. The van der Waals surface area contributed by atoms with Gasteiger partial charge in [-0.05, 0) is 47.1 Å². The van der Waals surface area contributed by atoms with E-state index in [1.54, 1.807) is 11.1 Å². The minimum absolute atomic E-state index is 1.14. The summed E-state index contributed by atoms with van der Waals surface area (Å²) >= 11 is 0. The van der Waals surface area contributed by atoms with E-state index in [-0.39, 0.29) is 0 Å². The molecule has 0 unspecified atom stereocenters. The molecule has 0 heteroatoms. The Bertz CT molecular complexity index is 786. The second kappa shape index (κ2) is 17.0. The van der Waals surface area contributed by atoms with Gasteiger partial charge in [0.2, 0.25) is 0 Å². The summed E-state index contributed by atoms with van der Waals surface area (Å²) in [5.74, 6) is 0. The van der Waals surface area contributed by atoms with Crippen molar-refractivity contribution in [1.29, 1.82) is 0 Å². The molecule has 0 atom stereocenters. The highest BCUT2D eigenvalue weighted by Crippen LogP contribution is 2.38. The Hall–Kier alpha value is -1.56. The van der Waals surface area contributed by atoms with Crippen molar-refractivity contribution in [2.75, 3.05) is 0 Å². The Morgan fingerprint density at radius 3 is 1.50 bits per heavy atom. The van der Waals surface area contributed by atoms with Crippen LogP contribution < -0.4 is 0 Å². The molecular formula is C34H52. The first-order chi connectivity index (χ1) is 16.9. The van der Waals surface area contributed by atoms with Gasteiger partial charge in [0.05, 0.1) is 0 Å². The van der Waals surface area contributed by atoms with Gasteiger partial charge in [0.1, 0.15) is 0 Å². The van der Waals surface area contributed by atoms with Gasteiger partial charge in [-0.1, -0.05) is 165 Å². The number of benzene rings is 2. The molecule has 0 amide bonds. The number of fused-ring (bicyclic) bond motifs is 3. The molecule has 0 saturated heterocycles. The van der Waals surface area contributed by atoms with E-state index in [2.05, 4.69) is 49.4 Å². The van der Waals surface area contributed by atoms with Crippen LogP contribution in [0.5, 0.6) is 0 Å². The molecule has 0 aromatic heterocycles. The van der Waals surface area contributed by atoms with E-state index in [9.17, 15) is 0 Å². The van der Waals surface area contributed by atoms with Gasteiger partial charge in [0, 0.05) is 0 Å². The van der Waals surface area contributed by atoms with Gasteiger partial charge in [-0.3, -0.25) is 0 Å². The molecular weight excluding hydrogens is 408 g/mol. The van der Waals surface area contributed by atoms with Crippen molar-refractivity contribution < 1.29 is 0 Å². The Morgan fingerprint density at radius 1 is 0.471 bits per heavy atom.